The lowest BCUT2D eigenvalue weighted by Crippen LogP contribution is -2.34. The fourth-order valence-electron chi connectivity index (χ4n) is 1.92. The molecule has 0 amide bonds. The van der Waals surface area contributed by atoms with Crippen molar-refractivity contribution in [1.29, 1.82) is 0 Å². The Balaban J connectivity index is 2.62. The Bertz CT molecular complexity index is 228. The normalized spacial score (nSPS) is 19.0. The molecule has 0 heterocycles. The molecule has 0 radical (unpaired) electrons. The van der Waals surface area contributed by atoms with Gasteiger partial charge in [0.2, 0.25) is 0 Å². The van der Waals surface area contributed by atoms with Gasteiger partial charge in [-0.3, -0.25) is 9.59 Å². The van der Waals surface area contributed by atoms with Crippen molar-refractivity contribution in [1.82, 2.24) is 0 Å². The van der Waals surface area contributed by atoms with Gasteiger partial charge in [0, 0.05) is 6.92 Å². The molecule has 0 aromatic rings. The van der Waals surface area contributed by atoms with Gasteiger partial charge in [0.1, 0.15) is 12.0 Å². The largest absolute Gasteiger partial charge is 0.468 e. The van der Waals surface area contributed by atoms with E-state index in [9.17, 15) is 9.59 Å². The minimum Gasteiger partial charge on any atom is -0.468 e. The molecule has 1 aliphatic rings. The van der Waals surface area contributed by atoms with E-state index in [-0.39, 0.29) is 18.5 Å². The highest BCUT2D eigenvalue weighted by atomic mass is 16.5. The van der Waals surface area contributed by atoms with Gasteiger partial charge in [-0.05, 0) is 12.8 Å². The topological polar surface area (TPSA) is 52.6 Å². The van der Waals surface area contributed by atoms with Gasteiger partial charge in [0.05, 0.1) is 7.11 Å². The molecule has 4 nitrogen and oxygen atoms in total. The first-order chi connectivity index (χ1) is 6.60. The Labute approximate surface area is 83.6 Å². The molecular formula is C10H16O4. The van der Waals surface area contributed by atoms with E-state index in [1.165, 1.54) is 14.0 Å². The van der Waals surface area contributed by atoms with Crippen molar-refractivity contribution < 1.29 is 19.1 Å². The summed E-state index contributed by atoms with van der Waals surface area (Å²) in [7, 11) is 1.37. The third-order valence-electron chi connectivity index (χ3n) is 2.73. The molecular weight excluding hydrogens is 184 g/mol. The summed E-state index contributed by atoms with van der Waals surface area (Å²) in [5, 5.41) is 0. The smallest absolute Gasteiger partial charge is 0.315 e. The number of hydrogen-bond acceptors (Lipinski definition) is 4. The molecule has 14 heavy (non-hydrogen) atoms. The maximum atomic E-state index is 11.5. The zero-order valence-electron chi connectivity index (χ0n) is 8.67. The summed E-state index contributed by atoms with van der Waals surface area (Å²) in [6.45, 7) is 1.51. The lowest BCUT2D eigenvalue weighted by molar-refractivity contribution is -0.160. The average Bonchev–Trinajstić information content (AvgIpc) is 2.63. The quantitative estimate of drug-likeness (QED) is 0.644. The van der Waals surface area contributed by atoms with E-state index in [4.69, 9.17) is 9.47 Å². The van der Waals surface area contributed by atoms with Crippen LogP contribution in [-0.2, 0) is 19.1 Å². The van der Waals surface area contributed by atoms with E-state index in [0.29, 0.717) is 0 Å². The van der Waals surface area contributed by atoms with Crippen LogP contribution in [-0.4, -0.2) is 25.7 Å². The lowest BCUT2D eigenvalue weighted by Gasteiger charge is -2.24. The van der Waals surface area contributed by atoms with E-state index in [1.807, 2.05) is 0 Å². The van der Waals surface area contributed by atoms with Crippen LogP contribution in [0.2, 0.25) is 0 Å². The first-order valence-electron chi connectivity index (χ1n) is 4.82. The molecule has 80 valence electrons. The lowest BCUT2D eigenvalue weighted by atomic mass is 9.87. The number of carbonyl (C=O) groups is 2. The molecule has 0 aromatic heterocycles. The second kappa shape index (κ2) is 4.44. The first-order valence-corrected chi connectivity index (χ1v) is 4.82. The second-order valence-electron chi connectivity index (χ2n) is 3.76. The van der Waals surface area contributed by atoms with Gasteiger partial charge in [-0.1, -0.05) is 12.8 Å². The zero-order chi connectivity index (χ0) is 10.6. The molecule has 0 aliphatic heterocycles. The van der Waals surface area contributed by atoms with Gasteiger partial charge in [-0.2, -0.15) is 0 Å². The van der Waals surface area contributed by atoms with E-state index in [2.05, 4.69) is 0 Å². The molecule has 0 bridgehead atoms. The Morgan fingerprint density at radius 1 is 1.29 bits per heavy atom. The van der Waals surface area contributed by atoms with Crippen LogP contribution in [0.4, 0.5) is 0 Å². The van der Waals surface area contributed by atoms with Crippen LogP contribution in [0.1, 0.15) is 32.6 Å². The molecule has 0 spiro atoms. The fourth-order valence-corrected chi connectivity index (χ4v) is 1.92. The molecule has 0 N–H and O–H groups in total. The van der Waals surface area contributed by atoms with Gasteiger partial charge in [-0.15, -0.1) is 0 Å². The SMILES string of the molecule is COC(=O)C1(COC(C)=O)CCCC1. The maximum absolute atomic E-state index is 11.5. The highest BCUT2D eigenvalue weighted by Crippen LogP contribution is 2.39. The first kappa shape index (κ1) is 11.0. The number of carbonyl (C=O) groups excluding carboxylic acids is 2. The van der Waals surface area contributed by atoms with Gasteiger partial charge in [-0.25, -0.2) is 0 Å². The van der Waals surface area contributed by atoms with E-state index >= 15 is 0 Å². The molecule has 1 saturated carbocycles. The van der Waals surface area contributed by atoms with E-state index in [0.717, 1.165) is 25.7 Å². The number of rotatable bonds is 3. The highest BCUT2D eigenvalue weighted by molar-refractivity contribution is 5.77. The van der Waals surface area contributed by atoms with Gasteiger partial charge in [0.15, 0.2) is 0 Å². The number of methoxy groups -OCH3 is 1. The van der Waals surface area contributed by atoms with Gasteiger partial charge >= 0.3 is 11.9 Å². The molecule has 0 atom stereocenters. The van der Waals surface area contributed by atoms with Crippen LogP contribution in [0, 0.1) is 5.41 Å². The molecule has 1 rings (SSSR count). The van der Waals surface area contributed by atoms with Gasteiger partial charge in [0.25, 0.3) is 0 Å². The Kier molecular flexibility index (Phi) is 3.49. The predicted molar refractivity (Wildman–Crippen MR) is 49.6 cm³/mol. The van der Waals surface area contributed by atoms with Crippen molar-refractivity contribution >= 4 is 11.9 Å². The second-order valence-corrected chi connectivity index (χ2v) is 3.76. The summed E-state index contributed by atoms with van der Waals surface area (Å²) < 4.78 is 9.65. The summed E-state index contributed by atoms with van der Waals surface area (Å²) in [4.78, 5) is 22.2. The van der Waals surface area contributed by atoms with E-state index < -0.39 is 5.41 Å². The van der Waals surface area contributed by atoms with Crippen LogP contribution in [0.25, 0.3) is 0 Å². The van der Waals surface area contributed by atoms with Crippen LogP contribution < -0.4 is 0 Å². The van der Waals surface area contributed by atoms with Crippen molar-refractivity contribution in [2.75, 3.05) is 13.7 Å². The molecule has 0 saturated heterocycles. The van der Waals surface area contributed by atoms with Crippen molar-refractivity contribution in [3.63, 3.8) is 0 Å². The fraction of sp³-hybridized carbons (Fsp3) is 0.800. The zero-order valence-corrected chi connectivity index (χ0v) is 8.67. The van der Waals surface area contributed by atoms with E-state index in [1.54, 1.807) is 0 Å². The minimum absolute atomic E-state index is 0.162. The Morgan fingerprint density at radius 2 is 1.86 bits per heavy atom. The molecule has 4 heteroatoms. The molecule has 1 fully saturated rings. The standard InChI is InChI=1S/C10H16O4/c1-8(11)14-7-10(9(12)13-2)5-3-4-6-10/h3-7H2,1-2H3. The summed E-state index contributed by atoms with van der Waals surface area (Å²) >= 11 is 0. The summed E-state index contributed by atoms with van der Waals surface area (Å²) in [5.41, 5.74) is -0.569. The number of esters is 2. The Morgan fingerprint density at radius 3 is 2.29 bits per heavy atom. The van der Waals surface area contributed by atoms with Crippen molar-refractivity contribution in [3.8, 4) is 0 Å². The highest BCUT2D eigenvalue weighted by Gasteiger charge is 2.43. The summed E-state index contributed by atoms with van der Waals surface area (Å²) in [6.07, 6.45) is 3.51. The third kappa shape index (κ3) is 2.25. The van der Waals surface area contributed by atoms with Crippen LogP contribution in [0.15, 0.2) is 0 Å². The monoisotopic (exact) mass is 200 g/mol. The minimum atomic E-state index is -0.569. The average molecular weight is 200 g/mol. The van der Waals surface area contributed by atoms with Crippen LogP contribution >= 0.6 is 0 Å². The third-order valence-corrected chi connectivity index (χ3v) is 2.73. The van der Waals surface area contributed by atoms with Crippen molar-refractivity contribution in [2.24, 2.45) is 5.41 Å². The Hall–Kier alpha value is -1.06. The number of hydrogen-bond donors (Lipinski definition) is 0. The molecule has 0 unspecified atom stereocenters. The van der Waals surface area contributed by atoms with Crippen molar-refractivity contribution in [3.05, 3.63) is 0 Å². The van der Waals surface area contributed by atoms with Gasteiger partial charge < -0.3 is 9.47 Å². The van der Waals surface area contributed by atoms with Crippen molar-refractivity contribution in [2.45, 2.75) is 32.6 Å². The number of ether oxygens (including phenoxy) is 2. The maximum Gasteiger partial charge on any atom is 0.315 e. The predicted octanol–water partition coefficient (Wildman–Crippen LogP) is 1.28. The molecule has 1 aliphatic carbocycles. The summed E-state index contributed by atoms with van der Waals surface area (Å²) in [6, 6.07) is 0. The summed E-state index contributed by atoms with van der Waals surface area (Å²) in [5.74, 6) is -0.601. The van der Waals surface area contributed by atoms with Crippen LogP contribution in [0.3, 0.4) is 0 Å². The molecule has 0 aromatic carbocycles. The van der Waals surface area contributed by atoms with Crippen LogP contribution in [0.5, 0.6) is 0 Å².